The second-order valence-corrected chi connectivity index (χ2v) is 16.8. The maximum atomic E-state index is 14.5. The van der Waals surface area contributed by atoms with E-state index >= 15 is 0 Å². The van der Waals surface area contributed by atoms with Gasteiger partial charge in [0.15, 0.2) is 11.5 Å². The van der Waals surface area contributed by atoms with Gasteiger partial charge >= 0.3 is 18.0 Å². The quantitative estimate of drug-likeness (QED) is 0.119. The van der Waals surface area contributed by atoms with E-state index in [4.69, 9.17) is 18.9 Å². The highest BCUT2D eigenvalue weighted by atomic mass is 16.6. The predicted molar refractivity (Wildman–Crippen MR) is 221 cm³/mol. The molecule has 2 aromatic carbocycles. The van der Waals surface area contributed by atoms with Crippen molar-refractivity contribution in [1.29, 1.82) is 0 Å². The summed E-state index contributed by atoms with van der Waals surface area (Å²) < 4.78 is 22.7. The lowest BCUT2D eigenvalue weighted by Crippen LogP contribution is -2.54. The Hall–Kier alpha value is -5.54. The molecule has 16 heteroatoms. The Balaban J connectivity index is 1.61. The third kappa shape index (κ3) is 14.9. The number of likely N-dealkylation sites (N-methyl/N-ethyl adjacent to an activating group) is 1. The topological polar surface area (TPSA) is 210 Å². The first kappa shape index (κ1) is 47.1. The molecule has 0 spiro atoms. The van der Waals surface area contributed by atoms with Crippen molar-refractivity contribution in [3.05, 3.63) is 53.6 Å². The molecule has 4 rings (SSSR count). The van der Waals surface area contributed by atoms with Crippen molar-refractivity contribution < 1.29 is 57.9 Å². The van der Waals surface area contributed by atoms with Crippen LogP contribution in [0.4, 0.5) is 4.79 Å². The van der Waals surface area contributed by atoms with E-state index < -0.39 is 60.0 Å². The highest BCUT2D eigenvalue weighted by Gasteiger charge is 2.38. The first-order chi connectivity index (χ1) is 28.5. The molecular weight excluding hydrogens is 777 g/mol. The average molecular weight is 839 g/mol. The van der Waals surface area contributed by atoms with Crippen LogP contribution in [-0.2, 0) is 30.3 Å². The fraction of sp³-hybridized carbons (Fsp3) is 0.591. The summed E-state index contributed by atoms with van der Waals surface area (Å²) in [7, 11) is 4.31. The normalized spacial score (nSPS) is 15.7. The molecule has 0 bridgehead atoms. The molecule has 0 unspecified atom stereocenters. The number of nitrogens with zero attached hydrogens (tertiary/aromatic N) is 2. The molecule has 2 aliphatic rings. The zero-order chi connectivity index (χ0) is 44.0. The van der Waals surface area contributed by atoms with E-state index in [2.05, 4.69) is 10.6 Å². The van der Waals surface area contributed by atoms with Crippen LogP contribution >= 0.6 is 0 Å². The zero-order valence-corrected chi connectivity index (χ0v) is 35.7. The van der Waals surface area contributed by atoms with Crippen LogP contribution < -0.4 is 24.8 Å². The highest BCUT2D eigenvalue weighted by Crippen LogP contribution is 2.36. The fourth-order valence-corrected chi connectivity index (χ4v) is 7.30. The smallest absolute Gasteiger partial charge is 0.410 e. The second-order valence-electron chi connectivity index (χ2n) is 16.8. The van der Waals surface area contributed by atoms with Crippen LogP contribution in [0.25, 0.3) is 0 Å². The van der Waals surface area contributed by atoms with Crippen LogP contribution in [0.2, 0.25) is 0 Å². The lowest BCUT2D eigenvalue weighted by molar-refractivity contribution is -0.145. The summed E-state index contributed by atoms with van der Waals surface area (Å²) in [5, 5.41) is 24.1. The molecule has 0 radical (unpaired) electrons. The molecule has 0 saturated heterocycles. The largest absolute Gasteiger partial charge is 0.493 e. The van der Waals surface area contributed by atoms with Gasteiger partial charge in [0.2, 0.25) is 11.8 Å². The average Bonchev–Trinajstić information content (AvgIpc) is 4.03. The Labute approximate surface area is 352 Å². The summed E-state index contributed by atoms with van der Waals surface area (Å²) in [6.45, 7) is 5.18. The molecule has 3 atom stereocenters. The molecular formula is C44H62N4O12. The van der Waals surface area contributed by atoms with E-state index in [9.17, 15) is 39.0 Å². The number of nitrogens with one attached hydrogen (secondary N) is 2. The fourth-order valence-electron chi connectivity index (χ4n) is 7.30. The molecule has 2 fully saturated rings. The van der Waals surface area contributed by atoms with Crippen molar-refractivity contribution >= 4 is 35.8 Å². The van der Waals surface area contributed by atoms with Gasteiger partial charge in [0.1, 0.15) is 30.0 Å². The van der Waals surface area contributed by atoms with Crippen LogP contribution in [0, 0.1) is 11.8 Å². The Morgan fingerprint density at radius 3 is 2.08 bits per heavy atom. The Bertz CT molecular complexity index is 1790. The summed E-state index contributed by atoms with van der Waals surface area (Å²) >= 11 is 0. The maximum Gasteiger partial charge on any atom is 0.410 e. The predicted octanol–water partition coefficient (Wildman–Crippen LogP) is 5.30. The lowest BCUT2D eigenvalue weighted by atomic mass is 9.87. The molecule has 4 N–H and O–H groups in total. The van der Waals surface area contributed by atoms with Crippen molar-refractivity contribution in [3.8, 4) is 17.2 Å². The zero-order valence-electron chi connectivity index (χ0n) is 35.7. The van der Waals surface area contributed by atoms with Gasteiger partial charge in [-0.15, -0.1) is 0 Å². The monoisotopic (exact) mass is 838 g/mol. The van der Waals surface area contributed by atoms with Gasteiger partial charge in [0.05, 0.1) is 38.8 Å². The van der Waals surface area contributed by atoms with Gasteiger partial charge in [0, 0.05) is 25.7 Å². The number of ether oxygens (including phenoxy) is 4. The van der Waals surface area contributed by atoms with Crippen LogP contribution in [0.15, 0.2) is 42.5 Å². The maximum absolute atomic E-state index is 14.5. The lowest BCUT2D eigenvalue weighted by Gasteiger charge is -2.34. The van der Waals surface area contributed by atoms with Gasteiger partial charge in [-0.1, -0.05) is 75.3 Å². The molecule has 330 valence electrons. The number of carboxylic acids is 2. The summed E-state index contributed by atoms with van der Waals surface area (Å²) in [5.41, 5.74) is -0.0646. The van der Waals surface area contributed by atoms with Gasteiger partial charge < -0.3 is 44.7 Å². The standard InChI is InChI=1S/C44H62N4O12/c1-44(2,3)60-43(56)47(4)34(22-30-17-18-30)41(53)48(20-19-28-13-9-7-10-14-28)26-38(49)45-31(21-29-15-11-8-12-16-29)27-59-35-25-37(58-6)36(57-5)23-32(35)40(52)46-33(42(54)55)24-39(50)51/h8,11-12,15-16,23,25,28,30-31,33-34H,7,9-10,13-14,17-22,24,26-27H2,1-6H3,(H,45,49)(H,46,52)(H,50,51)(H,54,55)/t31-,33+,34+/m1/s1. The number of benzene rings is 2. The Kier molecular flexibility index (Phi) is 17.4. The number of hydrogen-bond acceptors (Lipinski definition) is 10. The number of hydrogen-bond donors (Lipinski definition) is 4. The number of carboxylic acid groups (broad SMARTS) is 2. The molecule has 2 aromatic rings. The number of aliphatic carboxylic acids is 2. The van der Waals surface area contributed by atoms with Crippen molar-refractivity contribution in [2.24, 2.45) is 11.8 Å². The van der Waals surface area contributed by atoms with Crippen LogP contribution in [0.5, 0.6) is 17.2 Å². The molecule has 0 aliphatic heterocycles. The van der Waals surface area contributed by atoms with E-state index in [1.54, 1.807) is 32.7 Å². The molecule has 2 saturated carbocycles. The molecule has 60 heavy (non-hydrogen) atoms. The SMILES string of the molecule is COc1cc(OC[C@@H](Cc2ccccc2)NC(=O)CN(CCC2CCCCC2)C(=O)[C@H](CC2CC2)N(C)C(=O)OC(C)(C)C)c(C(=O)N[C@@H](CC(=O)O)C(=O)O)cc1OC. The number of carbonyl (C=O) groups is 6. The van der Waals surface area contributed by atoms with E-state index in [1.165, 1.54) is 37.7 Å². The van der Waals surface area contributed by atoms with Gasteiger partial charge in [-0.3, -0.25) is 24.1 Å². The van der Waals surface area contributed by atoms with Crippen LogP contribution in [-0.4, -0.2) is 120 Å². The summed E-state index contributed by atoms with van der Waals surface area (Å²) in [5.74, 6) is -3.69. The van der Waals surface area contributed by atoms with Crippen molar-refractivity contribution in [3.63, 3.8) is 0 Å². The van der Waals surface area contributed by atoms with Crippen LogP contribution in [0.3, 0.4) is 0 Å². The highest BCUT2D eigenvalue weighted by molar-refractivity contribution is 6.00. The van der Waals surface area contributed by atoms with E-state index in [0.717, 1.165) is 50.5 Å². The molecule has 4 amide bonds. The van der Waals surface area contributed by atoms with Crippen molar-refractivity contribution in [1.82, 2.24) is 20.4 Å². The molecule has 0 aromatic heterocycles. The van der Waals surface area contributed by atoms with Crippen molar-refractivity contribution in [2.75, 3.05) is 41.0 Å². The van der Waals surface area contributed by atoms with Crippen LogP contribution in [0.1, 0.15) is 101 Å². The van der Waals surface area contributed by atoms with E-state index in [0.29, 0.717) is 31.2 Å². The summed E-state index contributed by atoms with van der Waals surface area (Å²) in [6, 6.07) is 8.76. The molecule has 0 heterocycles. The minimum atomic E-state index is -1.74. The van der Waals surface area contributed by atoms with Gasteiger partial charge in [-0.2, -0.15) is 0 Å². The first-order valence-electron chi connectivity index (χ1n) is 20.7. The first-order valence-corrected chi connectivity index (χ1v) is 20.7. The molecule has 16 nitrogen and oxygen atoms in total. The minimum absolute atomic E-state index is 0.0469. The molecule has 2 aliphatic carbocycles. The summed E-state index contributed by atoms with van der Waals surface area (Å²) in [6.07, 6.45) is 7.46. The van der Waals surface area contributed by atoms with Gasteiger partial charge in [0.25, 0.3) is 5.91 Å². The van der Waals surface area contributed by atoms with Gasteiger partial charge in [-0.25, -0.2) is 9.59 Å². The van der Waals surface area contributed by atoms with Gasteiger partial charge in [-0.05, 0) is 57.4 Å². The second kappa shape index (κ2) is 22.2. The van der Waals surface area contributed by atoms with E-state index in [1.807, 2.05) is 30.3 Å². The third-order valence-electron chi connectivity index (χ3n) is 10.7. The van der Waals surface area contributed by atoms with Crippen molar-refractivity contribution in [2.45, 2.75) is 115 Å². The Morgan fingerprint density at radius 2 is 1.50 bits per heavy atom. The van der Waals surface area contributed by atoms with E-state index in [-0.39, 0.29) is 41.9 Å². The number of methoxy groups -OCH3 is 2. The minimum Gasteiger partial charge on any atom is -0.493 e. The number of amides is 4. The third-order valence-corrected chi connectivity index (χ3v) is 10.7. The number of carbonyl (C=O) groups excluding carboxylic acids is 4. The Morgan fingerprint density at radius 1 is 0.850 bits per heavy atom. The summed E-state index contributed by atoms with van der Waals surface area (Å²) in [4.78, 5) is 81.5. The number of rotatable bonds is 22.